The first kappa shape index (κ1) is 12.8. The molecule has 0 fully saturated rings. The van der Waals surface area contributed by atoms with E-state index >= 15 is 0 Å². The number of hydrogen-bond donors (Lipinski definition) is 0. The number of benzene rings is 1. The fourth-order valence-corrected chi connectivity index (χ4v) is 2.19. The molecule has 96 valence electrons. The predicted molar refractivity (Wildman–Crippen MR) is 75.2 cm³/mol. The van der Waals surface area contributed by atoms with Gasteiger partial charge in [0.05, 0.1) is 0 Å². The van der Waals surface area contributed by atoms with Gasteiger partial charge in [-0.25, -0.2) is 0 Å². The van der Waals surface area contributed by atoms with Gasteiger partial charge in [-0.1, -0.05) is 11.6 Å². The Morgan fingerprint density at radius 1 is 1.33 bits per heavy atom. The molecule has 0 bridgehead atoms. The Bertz CT molecular complexity index is 581. The second-order valence-corrected chi connectivity index (χ2v) is 5.15. The molecule has 2 rings (SSSR count). The third kappa shape index (κ3) is 2.46. The Hall–Kier alpha value is -1.61. The zero-order chi connectivity index (χ0) is 13.3. The number of aromatic nitrogens is 1. The number of rotatable bonds is 4. The highest BCUT2D eigenvalue weighted by Gasteiger charge is 2.13. The van der Waals surface area contributed by atoms with Gasteiger partial charge in [-0.3, -0.25) is 4.79 Å². The molecule has 0 saturated heterocycles. The quantitative estimate of drug-likeness (QED) is 0.772. The summed E-state index contributed by atoms with van der Waals surface area (Å²) in [7, 11) is 5.96. The SMILES string of the molecule is Cc1ccc2c(c1)c(C(=O)CCN(C)C)cn2C. The van der Waals surface area contributed by atoms with E-state index in [4.69, 9.17) is 0 Å². The molecule has 18 heavy (non-hydrogen) atoms. The van der Waals surface area contributed by atoms with Gasteiger partial charge in [0.25, 0.3) is 0 Å². The second-order valence-electron chi connectivity index (χ2n) is 5.15. The van der Waals surface area contributed by atoms with Crippen LogP contribution < -0.4 is 0 Å². The van der Waals surface area contributed by atoms with Crippen molar-refractivity contribution in [2.75, 3.05) is 20.6 Å². The normalized spacial score (nSPS) is 11.4. The highest BCUT2D eigenvalue weighted by Crippen LogP contribution is 2.23. The first-order valence-corrected chi connectivity index (χ1v) is 6.22. The molecule has 0 amide bonds. The third-order valence-electron chi connectivity index (χ3n) is 3.23. The largest absolute Gasteiger partial charge is 0.350 e. The van der Waals surface area contributed by atoms with Crippen LogP contribution in [-0.4, -0.2) is 35.9 Å². The zero-order valence-electron chi connectivity index (χ0n) is 11.5. The van der Waals surface area contributed by atoms with Crippen LogP contribution in [0.4, 0.5) is 0 Å². The molecule has 0 aliphatic carbocycles. The van der Waals surface area contributed by atoms with Crippen molar-refractivity contribution in [3.05, 3.63) is 35.5 Å². The highest BCUT2D eigenvalue weighted by atomic mass is 16.1. The smallest absolute Gasteiger partial charge is 0.166 e. The number of hydrogen-bond acceptors (Lipinski definition) is 2. The van der Waals surface area contributed by atoms with E-state index in [1.165, 1.54) is 5.56 Å². The maximum atomic E-state index is 12.2. The number of nitrogens with zero attached hydrogens (tertiary/aromatic N) is 2. The second kappa shape index (κ2) is 4.94. The molecule has 0 aliphatic heterocycles. The van der Waals surface area contributed by atoms with Crippen molar-refractivity contribution in [3.63, 3.8) is 0 Å². The number of ketones is 1. The topological polar surface area (TPSA) is 25.2 Å². The summed E-state index contributed by atoms with van der Waals surface area (Å²) in [6.45, 7) is 2.85. The molecule has 1 heterocycles. The first-order valence-electron chi connectivity index (χ1n) is 6.22. The lowest BCUT2D eigenvalue weighted by Crippen LogP contribution is -2.16. The van der Waals surface area contributed by atoms with Crippen LogP contribution in [-0.2, 0) is 7.05 Å². The molecule has 3 heteroatoms. The minimum absolute atomic E-state index is 0.222. The fourth-order valence-electron chi connectivity index (χ4n) is 2.19. The summed E-state index contributed by atoms with van der Waals surface area (Å²) in [6, 6.07) is 6.25. The van der Waals surface area contributed by atoms with Gasteiger partial charge in [-0.05, 0) is 33.2 Å². The van der Waals surface area contributed by atoms with Crippen LogP contribution in [0.5, 0.6) is 0 Å². The molecule has 0 saturated carbocycles. The van der Waals surface area contributed by atoms with Crippen molar-refractivity contribution >= 4 is 16.7 Å². The predicted octanol–water partition coefficient (Wildman–Crippen LogP) is 2.62. The number of carbonyl (C=O) groups excluding carboxylic acids is 1. The Labute approximate surface area is 108 Å². The van der Waals surface area contributed by atoms with E-state index in [1.54, 1.807) is 0 Å². The number of carbonyl (C=O) groups is 1. The van der Waals surface area contributed by atoms with E-state index in [2.05, 4.69) is 25.1 Å². The average Bonchev–Trinajstić information content (AvgIpc) is 2.63. The molecule has 0 radical (unpaired) electrons. The molecule has 0 N–H and O–H groups in total. The van der Waals surface area contributed by atoms with Crippen molar-refractivity contribution in [3.8, 4) is 0 Å². The summed E-state index contributed by atoms with van der Waals surface area (Å²) in [4.78, 5) is 14.3. The van der Waals surface area contributed by atoms with E-state index < -0.39 is 0 Å². The van der Waals surface area contributed by atoms with Gasteiger partial charge in [-0.15, -0.1) is 0 Å². The molecule has 0 spiro atoms. The van der Waals surface area contributed by atoms with Crippen molar-refractivity contribution in [1.29, 1.82) is 0 Å². The Kier molecular flexibility index (Phi) is 3.53. The van der Waals surface area contributed by atoms with E-state index in [1.807, 2.05) is 36.8 Å². The Balaban J connectivity index is 2.38. The molecule has 0 unspecified atom stereocenters. The van der Waals surface area contributed by atoms with Gasteiger partial charge >= 0.3 is 0 Å². The summed E-state index contributed by atoms with van der Waals surface area (Å²) in [6.07, 6.45) is 2.52. The van der Waals surface area contributed by atoms with Crippen LogP contribution >= 0.6 is 0 Å². The van der Waals surface area contributed by atoms with Gasteiger partial charge in [0.1, 0.15) is 0 Å². The van der Waals surface area contributed by atoms with E-state index in [-0.39, 0.29) is 5.78 Å². The molecule has 2 aromatic rings. The van der Waals surface area contributed by atoms with Crippen LogP contribution in [0.15, 0.2) is 24.4 Å². The van der Waals surface area contributed by atoms with E-state index in [0.29, 0.717) is 6.42 Å². The lowest BCUT2D eigenvalue weighted by atomic mass is 10.1. The summed E-state index contributed by atoms with van der Waals surface area (Å²) in [5.74, 6) is 0.222. The van der Waals surface area contributed by atoms with E-state index in [9.17, 15) is 4.79 Å². The lowest BCUT2D eigenvalue weighted by Gasteiger charge is -2.07. The maximum absolute atomic E-state index is 12.2. The van der Waals surface area contributed by atoms with Gasteiger partial charge in [0.15, 0.2) is 5.78 Å². The van der Waals surface area contributed by atoms with Crippen molar-refractivity contribution < 1.29 is 4.79 Å². The highest BCUT2D eigenvalue weighted by molar-refractivity contribution is 6.08. The molecular weight excluding hydrogens is 224 g/mol. The minimum Gasteiger partial charge on any atom is -0.350 e. The maximum Gasteiger partial charge on any atom is 0.166 e. The summed E-state index contributed by atoms with van der Waals surface area (Å²) >= 11 is 0. The third-order valence-corrected chi connectivity index (χ3v) is 3.23. The number of aryl methyl sites for hydroxylation is 2. The van der Waals surface area contributed by atoms with Crippen molar-refractivity contribution in [2.45, 2.75) is 13.3 Å². The number of fused-ring (bicyclic) bond motifs is 1. The molecule has 1 aromatic carbocycles. The van der Waals surface area contributed by atoms with Gasteiger partial charge in [-0.2, -0.15) is 0 Å². The first-order chi connectivity index (χ1) is 8.49. The minimum atomic E-state index is 0.222. The van der Waals surface area contributed by atoms with Crippen LogP contribution in [0.3, 0.4) is 0 Å². The summed E-state index contributed by atoms with van der Waals surface area (Å²) < 4.78 is 2.03. The van der Waals surface area contributed by atoms with Crippen LogP contribution in [0, 0.1) is 6.92 Å². The number of Topliss-reactive ketones (excluding diaryl/α,β-unsaturated/α-hetero) is 1. The van der Waals surface area contributed by atoms with Crippen LogP contribution in [0.2, 0.25) is 0 Å². The average molecular weight is 244 g/mol. The monoisotopic (exact) mass is 244 g/mol. The summed E-state index contributed by atoms with van der Waals surface area (Å²) in [5, 5.41) is 1.07. The van der Waals surface area contributed by atoms with Crippen molar-refractivity contribution in [2.24, 2.45) is 7.05 Å². The molecule has 1 aromatic heterocycles. The molecule has 0 atom stereocenters. The van der Waals surface area contributed by atoms with E-state index in [0.717, 1.165) is 23.0 Å². The van der Waals surface area contributed by atoms with Crippen LogP contribution in [0.25, 0.3) is 10.9 Å². The van der Waals surface area contributed by atoms with Gasteiger partial charge in [0.2, 0.25) is 0 Å². The standard InChI is InChI=1S/C15H20N2O/c1-11-5-6-14-12(9-11)13(10-17(14)4)15(18)7-8-16(2)3/h5-6,9-10H,7-8H2,1-4H3. The van der Waals surface area contributed by atoms with Crippen LogP contribution in [0.1, 0.15) is 22.3 Å². The Morgan fingerprint density at radius 3 is 2.72 bits per heavy atom. The molecule has 3 nitrogen and oxygen atoms in total. The van der Waals surface area contributed by atoms with Gasteiger partial charge in [0, 0.05) is 42.7 Å². The lowest BCUT2D eigenvalue weighted by molar-refractivity contribution is 0.0974. The zero-order valence-corrected chi connectivity index (χ0v) is 11.5. The molecule has 0 aliphatic rings. The molecular formula is C15H20N2O. The fraction of sp³-hybridized carbons (Fsp3) is 0.400. The summed E-state index contributed by atoms with van der Waals surface area (Å²) in [5.41, 5.74) is 3.15. The van der Waals surface area contributed by atoms with Gasteiger partial charge < -0.3 is 9.47 Å². The Morgan fingerprint density at radius 2 is 2.06 bits per heavy atom. The van der Waals surface area contributed by atoms with Crippen molar-refractivity contribution in [1.82, 2.24) is 9.47 Å².